The van der Waals surface area contributed by atoms with Gasteiger partial charge in [-0.2, -0.15) is 4.98 Å². The zero-order valence-corrected chi connectivity index (χ0v) is 11.8. The van der Waals surface area contributed by atoms with Crippen molar-refractivity contribution in [1.29, 1.82) is 0 Å². The molecule has 2 aliphatic carbocycles. The third kappa shape index (κ3) is 2.29. The summed E-state index contributed by atoms with van der Waals surface area (Å²) in [7, 11) is 0. The van der Waals surface area contributed by atoms with Gasteiger partial charge in [-0.1, -0.05) is 41.6 Å². The van der Waals surface area contributed by atoms with Crippen molar-refractivity contribution in [3.63, 3.8) is 0 Å². The largest absolute Gasteiger partial charge is 0.396 e. The first-order valence-electron chi connectivity index (χ1n) is 7.55. The summed E-state index contributed by atoms with van der Waals surface area (Å²) in [6.45, 7) is 0.170. The first-order valence-corrected chi connectivity index (χ1v) is 7.55. The van der Waals surface area contributed by atoms with Crippen molar-refractivity contribution in [1.82, 2.24) is 10.1 Å². The van der Waals surface area contributed by atoms with Crippen molar-refractivity contribution in [2.24, 2.45) is 11.8 Å². The van der Waals surface area contributed by atoms with Gasteiger partial charge in [0.1, 0.15) is 0 Å². The number of hydrogen-bond donors (Lipinski definition) is 1. The van der Waals surface area contributed by atoms with E-state index in [2.05, 4.69) is 22.3 Å². The molecular formula is C17H18N2O2. The van der Waals surface area contributed by atoms with Crippen molar-refractivity contribution < 1.29 is 9.63 Å². The molecule has 108 valence electrons. The zero-order chi connectivity index (χ0) is 14.2. The maximum absolute atomic E-state index is 8.94. The summed E-state index contributed by atoms with van der Waals surface area (Å²) in [5.74, 6) is 3.12. The lowest BCUT2D eigenvalue weighted by atomic mass is 9.94. The zero-order valence-electron chi connectivity index (χ0n) is 11.8. The standard InChI is InChI=1S/C17H18N2O2/c20-8-7-11-1-4-13(5-2-11)16-18-17(21-19-16)15-10-12-3-6-14(15)9-12/h1-6,12,14-15,20H,7-10H2/t12-,14+,15?/m1/s1. The Labute approximate surface area is 123 Å². The Bertz CT molecular complexity index is 660. The van der Waals surface area contributed by atoms with Crippen molar-refractivity contribution in [3.8, 4) is 11.4 Å². The number of benzene rings is 1. The summed E-state index contributed by atoms with van der Waals surface area (Å²) in [4.78, 5) is 4.60. The summed E-state index contributed by atoms with van der Waals surface area (Å²) in [5, 5.41) is 13.1. The van der Waals surface area contributed by atoms with Crippen LogP contribution in [-0.2, 0) is 6.42 Å². The highest BCUT2D eigenvalue weighted by Crippen LogP contribution is 2.48. The van der Waals surface area contributed by atoms with Gasteiger partial charge in [-0.3, -0.25) is 0 Å². The molecule has 4 nitrogen and oxygen atoms in total. The molecule has 1 aromatic heterocycles. The minimum atomic E-state index is 0.170. The molecule has 1 fully saturated rings. The van der Waals surface area contributed by atoms with Gasteiger partial charge in [0.15, 0.2) is 0 Å². The lowest BCUT2D eigenvalue weighted by Crippen LogP contribution is -2.05. The third-order valence-corrected chi connectivity index (χ3v) is 4.65. The summed E-state index contributed by atoms with van der Waals surface area (Å²) >= 11 is 0. The molecule has 0 aliphatic heterocycles. The van der Waals surface area contributed by atoms with E-state index in [-0.39, 0.29) is 6.61 Å². The molecule has 0 radical (unpaired) electrons. The molecular weight excluding hydrogens is 264 g/mol. The van der Waals surface area contributed by atoms with Crippen molar-refractivity contribution in [2.45, 2.75) is 25.2 Å². The average molecular weight is 282 g/mol. The van der Waals surface area contributed by atoms with Gasteiger partial charge in [0.2, 0.25) is 11.7 Å². The van der Waals surface area contributed by atoms with Crippen LogP contribution in [0.2, 0.25) is 0 Å². The molecule has 4 rings (SSSR count). The molecule has 4 heteroatoms. The summed E-state index contributed by atoms with van der Waals surface area (Å²) < 4.78 is 5.50. The number of aromatic nitrogens is 2. The Morgan fingerprint density at radius 3 is 2.67 bits per heavy atom. The highest BCUT2D eigenvalue weighted by atomic mass is 16.5. The molecule has 2 aliphatic rings. The van der Waals surface area contributed by atoms with Crippen LogP contribution in [0.4, 0.5) is 0 Å². The topological polar surface area (TPSA) is 59.2 Å². The van der Waals surface area contributed by atoms with E-state index in [4.69, 9.17) is 9.63 Å². The van der Waals surface area contributed by atoms with Crippen LogP contribution in [0.15, 0.2) is 40.9 Å². The molecule has 1 N–H and O–H groups in total. The molecule has 2 aromatic rings. The molecule has 0 amide bonds. The van der Waals surface area contributed by atoms with Crippen LogP contribution in [0, 0.1) is 11.8 Å². The van der Waals surface area contributed by atoms with Gasteiger partial charge in [-0.05, 0) is 36.7 Å². The minimum absolute atomic E-state index is 0.170. The number of hydrogen-bond acceptors (Lipinski definition) is 4. The summed E-state index contributed by atoms with van der Waals surface area (Å²) in [6, 6.07) is 7.98. The first kappa shape index (κ1) is 12.8. The molecule has 2 bridgehead atoms. The fraction of sp³-hybridized carbons (Fsp3) is 0.412. The fourth-order valence-corrected chi connectivity index (χ4v) is 3.52. The lowest BCUT2D eigenvalue weighted by molar-refractivity contribution is 0.299. The SMILES string of the molecule is OCCc1ccc(-c2noc(C3C[C@@H]4C=C[C@H]3C4)n2)cc1. The summed E-state index contributed by atoms with van der Waals surface area (Å²) in [5.41, 5.74) is 2.08. The molecule has 1 heterocycles. The number of rotatable bonds is 4. The van der Waals surface area contributed by atoms with Gasteiger partial charge in [0, 0.05) is 18.1 Å². The van der Waals surface area contributed by atoms with E-state index in [0.717, 1.165) is 23.4 Å². The van der Waals surface area contributed by atoms with Crippen LogP contribution in [-0.4, -0.2) is 21.9 Å². The van der Waals surface area contributed by atoms with E-state index in [9.17, 15) is 0 Å². The predicted octanol–water partition coefficient (Wildman–Crippen LogP) is 2.95. The van der Waals surface area contributed by atoms with Crippen molar-refractivity contribution >= 4 is 0 Å². The lowest BCUT2D eigenvalue weighted by Gasteiger charge is -2.12. The van der Waals surface area contributed by atoms with E-state index in [1.165, 1.54) is 6.42 Å². The normalized spacial score (nSPS) is 26.6. The van der Waals surface area contributed by atoms with Crippen LogP contribution >= 0.6 is 0 Å². The number of aliphatic hydroxyl groups excluding tert-OH is 1. The third-order valence-electron chi connectivity index (χ3n) is 4.65. The van der Waals surface area contributed by atoms with Crippen LogP contribution in [0.5, 0.6) is 0 Å². The van der Waals surface area contributed by atoms with Crippen LogP contribution in [0.1, 0.15) is 30.2 Å². The van der Waals surface area contributed by atoms with Gasteiger partial charge in [-0.15, -0.1) is 0 Å². The Hall–Kier alpha value is -1.94. The van der Waals surface area contributed by atoms with Gasteiger partial charge in [0.05, 0.1) is 0 Å². The second-order valence-corrected chi connectivity index (χ2v) is 6.01. The van der Waals surface area contributed by atoms with Gasteiger partial charge < -0.3 is 9.63 Å². The number of allylic oxidation sites excluding steroid dienone is 2. The highest BCUT2D eigenvalue weighted by Gasteiger charge is 2.39. The predicted molar refractivity (Wildman–Crippen MR) is 78.6 cm³/mol. The molecule has 0 spiro atoms. The average Bonchev–Trinajstić information content (AvgIpc) is 3.24. The molecule has 21 heavy (non-hydrogen) atoms. The van der Waals surface area contributed by atoms with Gasteiger partial charge >= 0.3 is 0 Å². The van der Waals surface area contributed by atoms with E-state index in [1.807, 2.05) is 24.3 Å². The maximum Gasteiger partial charge on any atom is 0.230 e. The highest BCUT2D eigenvalue weighted by molar-refractivity contribution is 5.54. The second kappa shape index (κ2) is 5.11. The molecule has 1 aromatic carbocycles. The van der Waals surface area contributed by atoms with Gasteiger partial charge in [-0.25, -0.2) is 0 Å². The number of fused-ring (bicyclic) bond motifs is 2. The second-order valence-electron chi connectivity index (χ2n) is 6.01. The van der Waals surface area contributed by atoms with Crippen molar-refractivity contribution in [2.75, 3.05) is 6.61 Å². The fourth-order valence-electron chi connectivity index (χ4n) is 3.52. The van der Waals surface area contributed by atoms with Crippen LogP contribution in [0.3, 0.4) is 0 Å². The monoisotopic (exact) mass is 282 g/mol. The quantitative estimate of drug-likeness (QED) is 0.876. The Morgan fingerprint density at radius 1 is 1.14 bits per heavy atom. The minimum Gasteiger partial charge on any atom is -0.396 e. The first-order chi connectivity index (χ1) is 10.3. The Morgan fingerprint density at radius 2 is 2.00 bits per heavy atom. The Kier molecular flexibility index (Phi) is 3.11. The van der Waals surface area contributed by atoms with E-state index < -0.39 is 0 Å². The van der Waals surface area contributed by atoms with Crippen LogP contribution in [0.25, 0.3) is 11.4 Å². The van der Waals surface area contributed by atoms with Gasteiger partial charge in [0.25, 0.3) is 0 Å². The number of nitrogens with zero attached hydrogens (tertiary/aromatic N) is 2. The van der Waals surface area contributed by atoms with E-state index in [1.54, 1.807) is 0 Å². The summed E-state index contributed by atoms with van der Waals surface area (Å²) in [6.07, 6.45) is 7.66. The van der Waals surface area contributed by atoms with E-state index in [0.29, 0.717) is 30.0 Å². The molecule has 1 unspecified atom stereocenters. The molecule has 0 saturated heterocycles. The van der Waals surface area contributed by atoms with E-state index >= 15 is 0 Å². The van der Waals surface area contributed by atoms with Crippen LogP contribution < -0.4 is 0 Å². The Balaban J connectivity index is 1.55. The number of aliphatic hydroxyl groups is 1. The smallest absolute Gasteiger partial charge is 0.230 e. The molecule has 1 saturated carbocycles. The van der Waals surface area contributed by atoms with Crippen molar-refractivity contribution in [3.05, 3.63) is 47.9 Å². The maximum atomic E-state index is 8.94. The molecule has 3 atom stereocenters.